The van der Waals surface area contributed by atoms with Crippen LogP contribution in [0.4, 0.5) is 0 Å². The molecule has 0 saturated heterocycles. The summed E-state index contributed by atoms with van der Waals surface area (Å²) in [6.45, 7) is 0. The lowest BCUT2D eigenvalue weighted by molar-refractivity contribution is 0.0697. The van der Waals surface area contributed by atoms with Gasteiger partial charge in [0.2, 0.25) is 0 Å². The van der Waals surface area contributed by atoms with Crippen LogP contribution in [0.25, 0.3) is 11.1 Å². The van der Waals surface area contributed by atoms with Gasteiger partial charge in [-0.25, -0.2) is 4.79 Å². The summed E-state index contributed by atoms with van der Waals surface area (Å²) in [4.78, 5) is 11.2. The smallest absolute Gasteiger partial charge is 0.336 e. The van der Waals surface area contributed by atoms with Crippen molar-refractivity contribution < 1.29 is 9.90 Å². The number of halogens is 2. The fraction of sp³-hybridized carbons (Fsp3) is 0. The van der Waals surface area contributed by atoms with Gasteiger partial charge >= 0.3 is 5.97 Å². The normalized spacial score (nSPS) is 10.2. The molecule has 1 N–H and O–H groups in total. The number of carboxylic acids is 1. The van der Waals surface area contributed by atoms with Crippen LogP contribution in [0.15, 0.2) is 46.9 Å². The molecule has 0 aliphatic rings. The number of hydrogen-bond acceptors (Lipinski definition) is 1. The monoisotopic (exact) mass is 310 g/mol. The Morgan fingerprint density at radius 1 is 1.18 bits per heavy atom. The summed E-state index contributed by atoms with van der Waals surface area (Å²) in [6, 6.07) is 12.3. The molecule has 0 saturated carbocycles. The summed E-state index contributed by atoms with van der Waals surface area (Å²) in [7, 11) is 0. The van der Waals surface area contributed by atoms with Crippen molar-refractivity contribution in [2.75, 3.05) is 0 Å². The van der Waals surface area contributed by atoms with Crippen molar-refractivity contribution in [2.45, 2.75) is 0 Å². The van der Waals surface area contributed by atoms with Crippen LogP contribution in [0.2, 0.25) is 5.02 Å². The van der Waals surface area contributed by atoms with E-state index in [1.54, 1.807) is 12.1 Å². The molecule has 0 aromatic heterocycles. The summed E-state index contributed by atoms with van der Waals surface area (Å²) in [5.74, 6) is -0.984. The molecule has 0 aliphatic carbocycles. The Labute approximate surface area is 112 Å². The molecule has 0 fully saturated rings. The quantitative estimate of drug-likeness (QED) is 0.888. The van der Waals surface area contributed by atoms with E-state index < -0.39 is 5.97 Å². The fourth-order valence-corrected chi connectivity index (χ4v) is 2.17. The largest absolute Gasteiger partial charge is 0.478 e. The standard InChI is InChI=1S/C13H8BrClO2/c14-9-3-1-2-8(6-9)11-5-4-10(15)7-12(11)13(16)17/h1-7H,(H,16,17). The zero-order chi connectivity index (χ0) is 12.4. The molecule has 2 aromatic carbocycles. The van der Waals surface area contributed by atoms with E-state index in [2.05, 4.69) is 15.9 Å². The fourth-order valence-electron chi connectivity index (χ4n) is 1.60. The minimum Gasteiger partial charge on any atom is -0.478 e. The lowest BCUT2D eigenvalue weighted by Crippen LogP contribution is -1.99. The minimum absolute atomic E-state index is 0.204. The first-order valence-electron chi connectivity index (χ1n) is 4.87. The van der Waals surface area contributed by atoms with Gasteiger partial charge in [-0.1, -0.05) is 45.7 Å². The highest BCUT2D eigenvalue weighted by atomic mass is 79.9. The summed E-state index contributed by atoms with van der Waals surface area (Å²) in [5, 5.41) is 9.57. The van der Waals surface area contributed by atoms with E-state index in [4.69, 9.17) is 16.7 Å². The molecule has 0 radical (unpaired) electrons. The van der Waals surface area contributed by atoms with Gasteiger partial charge in [0.15, 0.2) is 0 Å². The third-order valence-electron chi connectivity index (χ3n) is 2.35. The Hall–Kier alpha value is -1.32. The lowest BCUT2D eigenvalue weighted by Gasteiger charge is -2.07. The first-order chi connectivity index (χ1) is 8.08. The Bertz CT molecular complexity index is 581. The molecule has 2 rings (SSSR count). The molecule has 0 atom stereocenters. The first-order valence-corrected chi connectivity index (χ1v) is 6.04. The maximum Gasteiger partial charge on any atom is 0.336 e. The van der Waals surface area contributed by atoms with Crippen molar-refractivity contribution in [3.63, 3.8) is 0 Å². The second-order valence-electron chi connectivity index (χ2n) is 3.51. The van der Waals surface area contributed by atoms with Crippen molar-refractivity contribution in [3.05, 3.63) is 57.5 Å². The molecular formula is C13H8BrClO2. The average Bonchev–Trinajstić information content (AvgIpc) is 2.28. The van der Waals surface area contributed by atoms with Crippen molar-refractivity contribution in [2.24, 2.45) is 0 Å². The number of benzene rings is 2. The van der Waals surface area contributed by atoms with E-state index in [0.717, 1.165) is 10.0 Å². The van der Waals surface area contributed by atoms with E-state index in [9.17, 15) is 4.79 Å². The Morgan fingerprint density at radius 3 is 2.59 bits per heavy atom. The van der Waals surface area contributed by atoms with Gasteiger partial charge in [0, 0.05) is 9.50 Å². The van der Waals surface area contributed by atoms with Gasteiger partial charge in [0.25, 0.3) is 0 Å². The Balaban J connectivity index is 2.63. The molecule has 0 aliphatic heterocycles. The Kier molecular flexibility index (Phi) is 3.50. The maximum atomic E-state index is 11.2. The van der Waals surface area contributed by atoms with Crippen LogP contribution in [0.3, 0.4) is 0 Å². The molecular weight excluding hydrogens is 303 g/mol. The van der Waals surface area contributed by atoms with Crippen LogP contribution in [0.5, 0.6) is 0 Å². The third-order valence-corrected chi connectivity index (χ3v) is 3.08. The SMILES string of the molecule is O=C(O)c1cc(Cl)ccc1-c1cccc(Br)c1. The molecule has 4 heteroatoms. The second-order valence-corrected chi connectivity index (χ2v) is 4.86. The first kappa shape index (κ1) is 12.1. The molecule has 0 unspecified atom stereocenters. The zero-order valence-electron chi connectivity index (χ0n) is 8.65. The molecule has 17 heavy (non-hydrogen) atoms. The second kappa shape index (κ2) is 4.90. The van der Waals surface area contributed by atoms with Crippen LogP contribution < -0.4 is 0 Å². The van der Waals surface area contributed by atoms with Crippen LogP contribution in [0.1, 0.15) is 10.4 Å². The van der Waals surface area contributed by atoms with Gasteiger partial charge < -0.3 is 5.11 Å². The summed E-state index contributed by atoms with van der Waals surface area (Å²) >= 11 is 9.17. The summed E-state index contributed by atoms with van der Waals surface area (Å²) in [6.07, 6.45) is 0. The summed E-state index contributed by atoms with van der Waals surface area (Å²) in [5.41, 5.74) is 1.70. The van der Waals surface area contributed by atoms with Crippen molar-refractivity contribution in [1.29, 1.82) is 0 Å². The summed E-state index contributed by atoms with van der Waals surface area (Å²) < 4.78 is 0.904. The van der Waals surface area contributed by atoms with E-state index in [-0.39, 0.29) is 5.56 Å². The van der Waals surface area contributed by atoms with E-state index in [1.165, 1.54) is 6.07 Å². The van der Waals surface area contributed by atoms with Gasteiger partial charge in [-0.15, -0.1) is 0 Å². The van der Waals surface area contributed by atoms with E-state index in [1.807, 2.05) is 24.3 Å². The molecule has 0 amide bonds. The molecule has 2 nitrogen and oxygen atoms in total. The highest BCUT2D eigenvalue weighted by Gasteiger charge is 2.12. The number of aromatic carboxylic acids is 1. The van der Waals surface area contributed by atoms with Crippen molar-refractivity contribution in [1.82, 2.24) is 0 Å². The van der Waals surface area contributed by atoms with Crippen LogP contribution in [-0.2, 0) is 0 Å². The minimum atomic E-state index is -0.984. The maximum absolute atomic E-state index is 11.2. The van der Waals surface area contributed by atoms with Crippen molar-refractivity contribution >= 4 is 33.5 Å². The highest BCUT2D eigenvalue weighted by molar-refractivity contribution is 9.10. The predicted octanol–water partition coefficient (Wildman–Crippen LogP) is 4.47. The molecule has 0 bridgehead atoms. The molecule has 0 spiro atoms. The number of carbonyl (C=O) groups is 1. The topological polar surface area (TPSA) is 37.3 Å². The van der Waals surface area contributed by atoms with Crippen LogP contribution in [0, 0.1) is 0 Å². The number of carboxylic acid groups (broad SMARTS) is 1. The molecule has 0 heterocycles. The zero-order valence-corrected chi connectivity index (χ0v) is 11.0. The molecule has 86 valence electrons. The van der Waals surface area contributed by atoms with Crippen LogP contribution >= 0.6 is 27.5 Å². The number of hydrogen-bond donors (Lipinski definition) is 1. The molecule has 2 aromatic rings. The predicted molar refractivity (Wildman–Crippen MR) is 71.5 cm³/mol. The van der Waals surface area contributed by atoms with E-state index in [0.29, 0.717) is 10.6 Å². The number of rotatable bonds is 2. The van der Waals surface area contributed by atoms with Gasteiger partial charge in [-0.05, 0) is 35.4 Å². The van der Waals surface area contributed by atoms with Gasteiger partial charge in [-0.3, -0.25) is 0 Å². The highest BCUT2D eigenvalue weighted by Crippen LogP contribution is 2.28. The lowest BCUT2D eigenvalue weighted by atomic mass is 10.00. The van der Waals surface area contributed by atoms with Crippen molar-refractivity contribution in [3.8, 4) is 11.1 Å². The third kappa shape index (κ3) is 2.68. The van der Waals surface area contributed by atoms with Gasteiger partial charge in [0.1, 0.15) is 0 Å². The van der Waals surface area contributed by atoms with Gasteiger partial charge in [0.05, 0.1) is 5.56 Å². The Morgan fingerprint density at radius 2 is 1.94 bits per heavy atom. The van der Waals surface area contributed by atoms with Gasteiger partial charge in [-0.2, -0.15) is 0 Å². The average molecular weight is 312 g/mol. The van der Waals surface area contributed by atoms with Crippen LogP contribution in [-0.4, -0.2) is 11.1 Å². The van der Waals surface area contributed by atoms with E-state index >= 15 is 0 Å².